The molecule has 1 amide bonds. The largest absolute Gasteiger partial charge is 0.296 e. The molecule has 1 N–H and O–H groups in total. The number of hydrogen-bond acceptors (Lipinski definition) is 5. The number of aromatic nitrogens is 2. The van der Waals surface area contributed by atoms with Gasteiger partial charge in [-0.3, -0.25) is 10.1 Å². The van der Waals surface area contributed by atoms with E-state index in [9.17, 15) is 4.79 Å². The van der Waals surface area contributed by atoms with E-state index in [4.69, 9.17) is 0 Å². The van der Waals surface area contributed by atoms with E-state index in [1.54, 1.807) is 11.8 Å². The Morgan fingerprint density at radius 1 is 1.32 bits per heavy atom. The zero-order chi connectivity index (χ0) is 15.9. The molecule has 0 radical (unpaired) electrons. The number of nitrogens with one attached hydrogen (secondary N) is 1. The summed E-state index contributed by atoms with van der Waals surface area (Å²) >= 11 is 3.21. The van der Waals surface area contributed by atoms with Gasteiger partial charge in [-0.15, -0.1) is 10.2 Å². The van der Waals surface area contributed by atoms with Crippen molar-refractivity contribution >= 4 is 34.1 Å². The lowest BCUT2D eigenvalue weighted by Crippen LogP contribution is -2.11. The molecule has 0 aliphatic carbocycles. The number of carbonyl (C=O) groups is 1. The number of amides is 1. The van der Waals surface area contributed by atoms with Crippen LogP contribution in [-0.2, 0) is 5.75 Å². The van der Waals surface area contributed by atoms with Crippen LogP contribution < -0.4 is 5.32 Å². The third-order valence-electron chi connectivity index (χ3n) is 3.50. The Kier molecular flexibility index (Phi) is 6.39. The van der Waals surface area contributed by atoms with E-state index in [1.165, 1.54) is 11.3 Å². The van der Waals surface area contributed by atoms with Crippen molar-refractivity contribution in [3.05, 3.63) is 40.4 Å². The summed E-state index contributed by atoms with van der Waals surface area (Å²) in [6, 6.07) is 7.69. The zero-order valence-corrected chi connectivity index (χ0v) is 14.8. The number of rotatable bonds is 7. The summed E-state index contributed by atoms with van der Waals surface area (Å²) in [5.74, 6) is 1.20. The lowest BCUT2D eigenvalue weighted by Gasteiger charge is -2.06. The van der Waals surface area contributed by atoms with Crippen LogP contribution in [0.5, 0.6) is 0 Å². The molecule has 118 valence electrons. The number of nitrogens with zero attached hydrogens (tertiary/aromatic N) is 2. The summed E-state index contributed by atoms with van der Waals surface area (Å²) in [5.41, 5.74) is 1.81. The molecule has 1 aromatic carbocycles. The molecule has 0 unspecified atom stereocenters. The third kappa shape index (κ3) is 4.30. The highest BCUT2D eigenvalue weighted by atomic mass is 32.2. The normalized spacial score (nSPS) is 10.9. The van der Waals surface area contributed by atoms with Crippen molar-refractivity contribution in [3.63, 3.8) is 0 Å². The first-order valence-electron chi connectivity index (χ1n) is 7.40. The van der Waals surface area contributed by atoms with Crippen molar-refractivity contribution in [2.75, 3.05) is 11.6 Å². The summed E-state index contributed by atoms with van der Waals surface area (Å²) in [6.07, 6.45) is 4.12. The highest BCUT2D eigenvalue weighted by Gasteiger charge is 2.15. The smallest absolute Gasteiger partial charge is 0.257 e. The van der Waals surface area contributed by atoms with Gasteiger partial charge in [0.2, 0.25) is 5.13 Å². The fourth-order valence-corrected chi connectivity index (χ4v) is 3.74. The minimum atomic E-state index is -0.129. The third-order valence-corrected chi connectivity index (χ3v) is 5.12. The second-order valence-corrected chi connectivity index (χ2v) is 6.92. The average Bonchev–Trinajstić information content (AvgIpc) is 2.97. The van der Waals surface area contributed by atoms with Crippen molar-refractivity contribution in [2.24, 2.45) is 0 Å². The highest BCUT2D eigenvalue weighted by molar-refractivity contribution is 7.97. The van der Waals surface area contributed by atoms with Crippen LogP contribution in [0.4, 0.5) is 5.13 Å². The second kappa shape index (κ2) is 8.29. The Morgan fingerprint density at radius 2 is 2.09 bits per heavy atom. The fraction of sp³-hybridized carbons (Fsp3) is 0.438. The minimum Gasteiger partial charge on any atom is -0.296 e. The molecule has 0 atom stereocenters. The molecule has 0 saturated carbocycles. The number of thioether (sulfide) groups is 1. The Balaban J connectivity index is 2.07. The maximum absolute atomic E-state index is 12.3. The summed E-state index contributed by atoms with van der Waals surface area (Å²) < 4.78 is 0. The van der Waals surface area contributed by atoms with Gasteiger partial charge in [-0.1, -0.05) is 37.3 Å². The zero-order valence-electron chi connectivity index (χ0n) is 13.1. The molecule has 6 heteroatoms. The van der Waals surface area contributed by atoms with Gasteiger partial charge in [-0.05, 0) is 36.8 Å². The predicted molar refractivity (Wildman–Crippen MR) is 94.8 cm³/mol. The summed E-state index contributed by atoms with van der Waals surface area (Å²) in [6.45, 7) is 4.29. The Labute approximate surface area is 139 Å². The first-order valence-corrected chi connectivity index (χ1v) is 9.61. The minimum absolute atomic E-state index is 0.129. The van der Waals surface area contributed by atoms with Gasteiger partial charge in [-0.25, -0.2) is 0 Å². The lowest BCUT2D eigenvalue weighted by molar-refractivity contribution is 0.102. The first-order chi connectivity index (χ1) is 10.7. The maximum atomic E-state index is 12.3. The fourth-order valence-electron chi connectivity index (χ4n) is 2.23. The lowest BCUT2D eigenvalue weighted by atomic mass is 10.1. The number of carbonyl (C=O) groups excluding carboxylic acids is 1. The quantitative estimate of drug-likeness (QED) is 0.806. The van der Waals surface area contributed by atoms with Crippen molar-refractivity contribution in [3.8, 4) is 0 Å². The molecule has 1 heterocycles. The van der Waals surface area contributed by atoms with E-state index in [0.29, 0.717) is 16.6 Å². The van der Waals surface area contributed by atoms with Crippen molar-refractivity contribution < 1.29 is 4.79 Å². The van der Waals surface area contributed by atoms with E-state index in [0.717, 1.165) is 29.2 Å². The van der Waals surface area contributed by atoms with E-state index >= 15 is 0 Å². The van der Waals surface area contributed by atoms with Gasteiger partial charge in [0, 0.05) is 17.2 Å². The summed E-state index contributed by atoms with van der Waals surface area (Å²) in [4.78, 5) is 12.3. The van der Waals surface area contributed by atoms with Gasteiger partial charge < -0.3 is 0 Å². The molecule has 1 aromatic heterocycles. The molecule has 0 aliphatic heterocycles. The van der Waals surface area contributed by atoms with Gasteiger partial charge in [-0.2, -0.15) is 11.8 Å². The van der Waals surface area contributed by atoms with Crippen molar-refractivity contribution in [1.29, 1.82) is 0 Å². The van der Waals surface area contributed by atoms with Crippen LogP contribution in [0.25, 0.3) is 0 Å². The van der Waals surface area contributed by atoms with Gasteiger partial charge >= 0.3 is 0 Å². The second-order valence-electron chi connectivity index (χ2n) is 5.05. The monoisotopic (exact) mass is 335 g/mol. The summed E-state index contributed by atoms with van der Waals surface area (Å²) in [5, 5.41) is 12.7. The number of hydrogen-bond donors (Lipinski definition) is 1. The van der Waals surface area contributed by atoms with E-state index in [-0.39, 0.29) is 5.91 Å². The SMILES string of the molecule is CCC(CC)c1nnc(NC(=O)c2cccc(CSC)c2)s1. The van der Waals surface area contributed by atoms with Crippen LogP contribution in [-0.4, -0.2) is 22.4 Å². The van der Waals surface area contributed by atoms with Crippen LogP contribution >= 0.6 is 23.1 Å². The highest BCUT2D eigenvalue weighted by Crippen LogP contribution is 2.28. The van der Waals surface area contributed by atoms with Gasteiger partial charge in [0.25, 0.3) is 5.91 Å². The molecule has 22 heavy (non-hydrogen) atoms. The maximum Gasteiger partial charge on any atom is 0.257 e. The molecule has 0 spiro atoms. The number of benzene rings is 1. The average molecular weight is 335 g/mol. The molecule has 2 rings (SSSR count). The van der Waals surface area contributed by atoms with Crippen LogP contribution in [0.3, 0.4) is 0 Å². The molecule has 0 aliphatic rings. The van der Waals surface area contributed by atoms with Crippen LogP contribution in [0.2, 0.25) is 0 Å². The van der Waals surface area contributed by atoms with Crippen LogP contribution in [0, 0.1) is 0 Å². The Bertz CT molecular complexity index is 623. The molecule has 2 aromatic rings. The van der Waals surface area contributed by atoms with Crippen LogP contribution in [0.1, 0.15) is 53.5 Å². The van der Waals surface area contributed by atoms with Gasteiger partial charge in [0.05, 0.1) is 0 Å². The Hall–Kier alpha value is -1.40. The molecular weight excluding hydrogens is 314 g/mol. The Morgan fingerprint density at radius 3 is 2.77 bits per heavy atom. The van der Waals surface area contributed by atoms with Crippen molar-refractivity contribution in [2.45, 2.75) is 38.4 Å². The first kappa shape index (κ1) is 17.0. The molecule has 0 saturated heterocycles. The van der Waals surface area contributed by atoms with Gasteiger partial charge in [0.1, 0.15) is 5.01 Å². The number of anilines is 1. The van der Waals surface area contributed by atoms with E-state index in [1.807, 2.05) is 30.5 Å². The topological polar surface area (TPSA) is 54.9 Å². The molecule has 0 fully saturated rings. The van der Waals surface area contributed by atoms with Crippen LogP contribution in [0.15, 0.2) is 24.3 Å². The predicted octanol–water partition coefficient (Wildman–Crippen LogP) is 4.56. The standard InChI is InChI=1S/C16H21N3OS2/c1-4-12(5-2)15-18-19-16(22-15)17-14(20)13-8-6-7-11(9-13)10-21-3/h6-9,12H,4-5,10H2,1-3H3,(H,17,19,20). The molecular formula is C16H21N3OS2. The molecule has 0 bridgehead atoms. The van der Waals surface area contributed by atoms with Crippen molar-refractivity contribution in [1.82, 2.24) is 10.2 Å². The summed E-state index contributed by atoms with van der Waals surface area (Å²) in [7, 11) is 0. The molecule has 4 nitrogen and oxygen atoms in total. The van der Waals surface area contributed by atoms with E-state index < -0.39 is 0 Å². The van der Waals surface area contributed by atoms with E-state index in [2.05, 4.69) is 29.4 Å². The van der Waals surface area contributed by atoms with Gasteiger partial charge in [0.15, 0.2) is 0 Å².